The van der Waals surface area contributed by atoms with Gasteiger partial charge in [0.1, 0.15) is 0 Å². The number of hydrogen-bond donors (Lipinski definition) is 3. The van der Waals surface area contributed by atoms with Crippen LogP contribution in [0.2, 0.25) is 0 Å². The maximum Gasteiger partial charge on any atom is 0.408 e. The van der Waals surface area contributed by atoms with Gasteiger partial charge in [-0.05, 0) is 12.8 Å². The molecule has 0 saturated carbocycles. The Labute approximate surface area is 74.4 Å². The highest BCUT2D eigenvalue weighted by Gasteiger charge is 2.49. The molecule has 1 saturated heterocycles. The standard InChI is InChI=1S/C7H11NO5/c9-4-7(5(10)11)2-1-3-8(7)6(12)13/h9H,1-4H2,(H,10,11)(H,12,13)/t7-/m1/s1. The Morgan fingerprint density at radius 3 is 2.31 bits per heavy atom. The summed E-state index contributed by atoms with van der Waals surface area (Å²) >= 11 is 0. The summed E-state index contributed by atoms with van der Waals surface area (Å²) < 4.78 is 0. The Bertz CT molecular complexity index is 241. The minimum Gasteiger partial charge on any atom is -0.479 e. The molecule has 1 atom stereocenters. The fraction of sp³-hybridized carbons (Fsp3) is 0.714. The monoisotopic (exact) mass is 189 g/mol. The van der Waals surface area contributed by atoms with Gasteiger partial charge in [0.2, 0.25) is 0 Å². The number of carboxylic acids is 1. The van der Waals surface area contributed by atoms with Crippen molar-refractivity contribution in [2.75, 3.05) is 13.2 Å². The van der Waals surface area contributed by atoms with Crippen LogP contribution in [0.25, 0.3) is 0 Å². The lowest BCUT2D eigenvalue weighted by molar-refractivity contribution is -0.151. The molecule has 3 N–H and O–H groups in total. The van der Waals surface area contributed by atoms with Crippen LogP contribution in [0.3, 0.4) is 0 Å². The van der Waals surface area contributed by atoms with E-state index in [1.54, 1.807) is 0 Å². The Morgan fingerprint density at radius 1 is 1.38 bits per heavy atom. The van der Waals surface area contributed by atoms with Crippen molar-refractivity contribution in [1.82, 2.24) is 4.90 Å². The summed E-state index contributed by atoms with van der Waals surface area (Å²) in [6.07, 6.45) is -0.654. The van der Waals surface area contributed by atoms with Gasteiger partial charge in [-0.15, -0.1) is 0 Å². The first-order valence-corrected chi connectivity index (χ1v) is 3.89. The summed E-state index contributed by atoms with van der Waals surface area (Å²) in [5, 5.41) is 26.4. The predicted molar refractivity (Wildman–Crippen MR) is 41.4 cm³/mol. The number of likely N-dealkylation sites (tertiary alicyclic amines) is 1. The third kappa shape index (κ3) is 1.33. The van der Waals surface area contributed by atoms with Crippen molar-refractivity contribution in [3.8, 4) is 0 Å². The molecular weight excluding hydrogens is 178 g/mol. The molecule has 1 rings (SSSR count). The summed E-state index contributed by atoms with van der Waals surface area (Å²) in [6.45, 7) is -0.503. The quantitative estimate of drug-likeness (QED) is 0.547. The van der Waals surface area contributed by atoms with Crippen LogP contribution in [0, 0.1) is 0 Å². The first-order chi connectivity index (χ1) is 6.04. The third-order valence-corrected chi connectivity index (χ3v) is 2.38. The van der Waals surface area contributed by atoms with E-state index < -0.39 is 24.2 Å². The van der Waals surface area contributed by atoms with E-state index in [0.717, 1.165) is 4.90 Å². The molecule has 0 aromatic heterocycles. The largest absolute Gasteiger partial charge is 0.479 e. The van der Waals surface area contributed by atoms with E-state index in [2.05, 4.69) is 0 Å². The van der Waals surface area contributed by atoms with E-state index in [4.69, 9.17) is 15.3 Å². The molecule has 0 unspecified atom stereocenters. The summed E-state index contributed by atoms with van der Waals surface area (Å²) in [6, 6.07) is 0. The number of carbonyl (C=O) groups is 2. The zero-order valence-corrected chi connectivity index (χ0v) is 6.93. The summed E-state index contributed by atoms with van der Waals surface area (Å²) in [5.41, 5.74) is -1.62. The van der Waals surface area contributed by atoms with Crippen molar-refractivity contribution < 1.29 is 24.9 Å². The molecule has 13 heavy (non-hydrogen) atoms. The highest BCUT2D eigenvalue weighted by atomic mass is 16.4. The van der Waals surface area contributed by atoms with Crippen LogP contribution in [0.15, 0.2) is 0 Å². The normalized spacial score (nSPS) is 27.6. The minimum absolute atomic E-state index is 0.169. The Morgan fingerprint density at radius 2 is 2.00 bits per heavy atom. The van der Waals surface area contributed by atoms with Gasteiger partial charge in [0.25, 0.3) is 0 Å². The molecule has 6 nitrogen and oxygen atoms in total. The zero-order chi connectivity index (χ0) is 10.1. The average Bonchev–Trinajstić information content (AvgIpc) is 2.48. The van der Waals surface area contributed by atoms with Gasteiger partial charge in [0.15, 0.2) is 5.54 Å². The van der Waals surface area contributed by atoms with Gasteiger partial charge in [0, 0.05) is 6.54 Å². The number of rotatable bonds is 2. The molecule has 1 fully saturated rings. The zero-order valence-electron chi connectivity index (χ0n) is 6.93. The lowest BCUT2D eigenvalue weighted by atomic mass is 9.98. The second-order valence-corrected chi connectivity index (χ2v) is 3.03. The topological polar surface area (TPSA) is 98.1 Å². The summed E-state index contributed by atoms with van der Waals surface area (Å²) in [4.78, 5) is 22.2. The van der Waals surface area contributed by atoms with Gasteiger partial charge < -0.3 is 15.3 Å². The van der Waals surface area contributed by atoms with Crippen LogP contribution in [-0.2, 0) is 4.79 Å². The van der Waals surface area contributed by atoms with Crippen molar-refractivity contribution in [3.05, 3.63) is 0 Å². The second kappa shape index (κ2) is 3.21. The second-order valence-electron chi connectivity index (χ2n) is 3.03. The number of aliphatic carboxylic acids is 1. The molecule has 0 aromatic rings. The third-order valence-electron chi connectivity index (χ3n) is 2.38. The van der Waals surface area contributed by atoms with Crippen molar-refractivity contribution in [3.63, 3.8) is 0 Å². The number of carboxylic acid groups (broad SMARTS) is 2. The number of amides is 1. The van der Waals surface area contributed by atoms with E-state index >= 15 is 0 Å². The fourth-order valence-corrected chi connectivity index (χ4v) is 1.61. The Balaban J connectivity index is 2.96. The molecule has 0 aliphatic carbocycles. The van der Waals surface area contributed by atoms with Gasteiger partial charge in [-0.3, -0.25) is 4.90 Å². The van der Waals surface area contributed by atoms with Gasteiger partial charge in [0.05, 0.1) is 6.61 Å². The molecule has 1 amide bonds. The first kappa shape index (κ1) is 9.79. The number of aliphatic hydroxyl groups excluding tert-OH is 1. The SMILES string of the molecule is O=C(O)N1CCC[C@@]1(CO)C(=O)O. The smallest absolute Gasteiger partial charge is 0.408 e. The van der Waals surface area contributed by atoms with Crippen LogP contribution < -0.4 is 0 Å². The van der Waals surface area contributed by atoms with Crippen molar-refractivity contribution in [2.45, 2.75) is 18.4 Å². The van der Waals surface area contributed by atoms with Crippen LogP contribution >= 0.6 is 0 Å². The molecule has 0 spiro atoms. The summed E-state index contributed by atoms with van der Waals surface area (Å²) in [7, 11) is 0. The Hall–Kier alpha value is -1.30. The maximum absolute atomic E-state index is 10.8. The van der Waals surface area contributed by atoms with Crippen LogP contribution in [0.5, 0.6) is 0 Å². The number of nitrogens with zero attached hydrogens (tertiary/aromatic N) is 1. The molecule has 0 radical (unpaired) electrons. The molecule has 0 aromatic carbocycles. The van der Waals surface area contributed by atoms with Crippen molar-refractivity contribution in [1.29, 1.82) is 0 Å². The molecular formula is C7H11NO5. The van der Waals surface area contributed by atoms with Gasteiger partial charge in [-0.25, -0.2) is 9.59 Å². The van der Waals surface area contributed by atoms with Crippen LogP contribution in [0.1, 0.15) is 12.8 Å². The Kier molecular flexibility index (Phi) is 2.42. The van der Waals surface area contributed by atoms with Gasteiger partial charge in [-0.1, -0.05) is 0 Å². The van der Waals surface area contributed by atoms with E-state index in [1.165, 1.54) is 0 Å². The van der Waals surface area contributed by atoms with Gasteiger partial charge in [-0.2, -0.15) is 0 Å². The highest BCUT2D eigenvalue weighted by molar-refractivity contribution is 5.84. The summed E-state index contributed by atoms with van der Waals surface area (Å²) in [5.74, 6) is -1.28. The number of aliphatic hydroxyl groups is 1. The highest BCUT2D eigenvalue weighted by Crippen LogP contribution is 2.29. The number of hydrogen-bond acceptors (Lipinski definition) is 3. The van der Waals surface area contributed by atoms with E-state index in [0.29, 0.717) is 6.42 Å². The van der Waals surface area contributed by atoms with E-state index in [-0.39, 0.29) is 13.0 Å². The lowest BCUT2D eigenvalue weighted by Crippen LogP contribution is -2.55. The maximum atomic E-state index is 10.8. The minimum atomic E-state index is -1.62. The molecule has 1 heterocycles. The van der Waals surface area contributed by atoms with Crippen LogP contribution in [-0.4, -0.2) is 51.0 Å². The first-order valence-electron chi connectivity index (χ1n) is 3.89. The lowest BCUT2D eigenvalue weighted by Gasteiger charge is -2.30. The van der Waals surface area contributed by atoms with E-state index in [1.807, 2.05) is 0 Å². The predicted octanol–water partition coefficient (Wildman–Crippen LogP) is -0.424. The molecule has 6 heteroatoms. The van der Waals surface area contributed by atoms with E-state index in [9.17, 15) is 9.59 Å². The van der Waals surface area contributed by atoms with Crippen molar-refractivity contribution in [2.24, 2.45) is 0 Å². The van der Waals surface area contributed by atoms with Gasteiger partial charge >= 0.3 is 12.1 Å². The fourth-order valence-electron chi connectivity index (χ4n) is 1.61. The molecule has 0 bridgehead atoms. The average molecular weight is 189 g/mol. The molecule has 1 aliphatic heterocycles. The van der Waals surface area contributed by atoms with Crippen LogP contribution in [0.4, 0.5) is 4.79 Å². The molecule has 74 valence electrons. The molecule has 1 aliphatic rings. The van der Waals surface area contributed by atoms with Crippen molar-refractivity contribution >= 4 is 12.1 Å².